The number of anilines is 1. The number of ketones is 1. The second-order valence-electron chi connectivity index (χ2n) is 5.69. The van der Waals surface area contributed by atoms with Crippen LogP contribution in [0.1, 0.15) is 21.5 Å². The molecule has 2 aromatic carbocycles. The molecule has 0 saturated heterocycles. The summed E-state index contributed by atoms with van der Waals surface area (Å²) in [6.07, 6.45) is -0.635. The van der Waals surface area contributed by atoms with Gasteiger partial charge in [-0.05, 0) is 12.1 Å². The van der Waals surface area contributed by atoms with Gasteiger partial charge >= 0.3 is 6.09 Å². The van der Waals surface area contributed by atoms with E-state index in [4.69, 9.17) is 11.6 Å². The summed E-state index contributed by atoms with van der Waals surface area (Å²) in [6, 6.07) is 10.9. The van der Waals surface area contributed by atoms with E-state index in [2.05, 4.69) is 25.0 Å². The summed E-state index contributed by atoms with van der Waals surface area (Å²) in [5, 5.41) is 2.87. The Morgan fingerprint density at radius 3 is 2.81 bits per heavy atom. The van der Waals surface area contributed by atoms with E-state index in [-0.39, 0.29) is 18.3 Å². The number of halogens is 1. The molecule has 1 aromatic heterocycles. The number of benzene rings is 2. The first-order valence-electron chi connectivity index (χ1n) is 7.78. The number of nitrogens with zero attached hydrogens (tertiary/aromatic N) is 2. The first kappa shape index (κ1) is 16.3. The lowest BCUT2D eigenvalue weighted by Gasteiger charge is -2.16. The minimum atomic E-state index is -0.635. The summed E-state index contributed by atoms with van der Waals surface area (Å²) in [6.45, 7) is 0.0973. The highest BCUT2D eigenvalue weighted by atomic mass is 35.5. The smallest absolute Gasteiger partial charge is 0.413 e. The number of H-pyrrole nitrogens is 1. The highest BCUT2D eigenvalue weighted by Gasteiger charge is 2.22. The Bertz CT molecular complexity index is 1090. The number of fused-ring (bicyclic) bond motifs is 2. The highest BCUT2D eigenvalue weighted by molar-refractivity contribution is 6.36. The molecule has 1 aliphatic rings. The van der Waals surface area contributed by atoms with E-state index in [0.717, 1.165) is 11.1 Å². The average molecular weight is 369 g/mol. The third-order valence-corrected chi connectivity index (χ3v) is 4.37. The van der Waals surface area contributed by atoms with E-state index >= 15 is 0 Å². The fourth-order valence-corrected chi connectivity index (χ4v) is 3.18. The van der Waals surface area contributed by atoms with Gasteiger partial charge in [-0.2, -0.15) is 0 Å². The van der Waals surface area contributed by atoms with Gasteiger partial charge in [0, 0.05) is 16.7 Å². The van der Waals surface area contributed by atoms with Crippen molar-refractivity contribution in [3.63, 3.8) is 0 Å². The summed E-state index contributed by atoms with van der Waals surface area (Å²) >= 11 is 6.37. The molecule has 0 unspecified atom stereocenters. The van der Waals surface area contributed by atoms with Crippen molar-refractivity contribution in [3.8, 4) is 0 Å². The number of amides is 1. The second kappa shape index (κ2) is 6.27. The maximum absolute atomic E-state index is 12.1. The number of imidazole rings is 1. The van der Waals surface area contributed by atoms with Gasteiger partial charge in [0.05, 0.1) is 23.4 Å². The number of aromatic amines is 1. The van der Waals surface area contributed by atoms with E-state index in [1.54, 1.807) is 12.1 Å². The van der Waals surface area contributed by atoms with Crippen LogP contribution in [-0.2, 0) is 4.74 Å². The Balaban J connectivity index is 1.81. The van der Waals surface area contributed by atoms with Gasteiger partial charge in [-0.15, -0.1) is 0 Å². The maximum atomic E-state index is 12.1. The maximum Gasteiger partial charge on any atom is 0.413 e. The zero-order chi connectivity index (χ0) is 18.3. The lowest BCUT2D eigenvalue weighted by Crippen LogP contribution is -2.19. The van der Waals surface area contributed by atoms with Crippen molar-refractivity contribution in [1.82, 2.24) is 9.97 Å². The third kappa shape index (κ3) is 2.72. The van der Waals surface area contributed by atoms with Gasteiger partial charge in [0.2, 0.25) is 5.95 Å². The molecule has 130 valence electrons. The van der Waals surface area contributed by atoms with Crippen LogP contribution in [0.2, 0.25) is 5.02 Å². The van der Waals surface area contributed by atoms with Crippen LogP contribution in [0, 0.1) is 0 Å². The Morgan fingerprint density at radius 2 is 2.04 bits per heavy atom. The van der Waals surface area contributed by atoms with E-state index < -0.39 is 6.09 Å². The minimum Gasteiger partial charge on any atom is -0.453 e. The van der Waals surface area contributed by atoms with E-state index in [1.165, 1.54) is 7.11 Å². The van der Waals surface area contributed by atoms with Crippen LogP contribution in [-0.4, -0.2) is 41.2 Å². The topological polar surface area (TPSA) is 96.4 Å². The lowest BCUT2D eigenvalue weighted by atomic mass is 9.92. The monoisotopic (exact) mass is 368 g/mol. The number of aromatic nitrogens is 2. The summed E-state index contributed by atoms with van der Waals surface area (Å²) in [5.74, 6) is 0.217. The van der Waals surface area contributed by atoms with Crippen molar-refractivity contribution in [2.75, 3.05) is 19.0 Å². The number of hydrogen-bond acceptors (Lipinski definition) is 5. The normalized spacial score (nSPS) is 13.3. The standard InChI is InChI=1S/C18H13ClN4O3/c1-26-18(25)23-17-21-13-7-9(6-12(19)16(13)22-17)15-11-5-3-2-4-10(11)14(24)8-20-15/h2-7H,8H2,1H3,(H2,21,22,23,25). The number of hydrogen-bond donors (Lipinski definition) is 2. The van der Waals surface area contributed by atoms with Crippen LogP contribution in [0.25, 0.3) is 11.0 Å². The molecule has 0 saturated carbocycles. The Kier molecular flexibility index (Phi) is 3.93. The van der Waals surface area contributed by atoms with Crippen molar-refractivity contribution in [2.45, 2.75) is 0 Å². The Labute approximate surface area is 153 Å². The summed E-state index contributed by atoms with van der Waals surface area (Å²) in [5.41, 5.74) is 4.02. The van der Waals surface area contributed by atoms with Gasteiger partial charge in [-0.25, -0.2) is 9.78 Å². The number of carbonyl (C=O) groups excluding carboxylic acids is 2. The van der Waals surface area contributed by atoms with Crippen molar-refractivity contribution in [3.05, 3.63) is 58.1 Å². The molecule has 0 spiro atoms. The highest BCUT2D eigenvalue weighted by Crippen LogP contribution is 2.28. The molecule has 0 aliphatic carbocycles. The molecule has 8 heteroatoms. The van der Waals surface area contributed by atoms with Gasteiger partial charge in [-0.1, -0.05) is 35.9 Å². The fourth-order valence-electron chi connectivity index (χ4n) is 2.92. The lowest BCUT2D eigenvalue weighted by molar-refractivity contribution is 0.1000. The zero-order valence-electron chi connectivity index (χ0n) is 13.7. The molecule has 2 heterocycles. The molecule has 2 N–H and O–H groups in total. The molecule has 0 bridgehead atoms. The van der Waals surface area contributed by atoms with Crippen LogP contribution in [0.3, 0.4) is 0 Å². The Morgan fingerprint density at radius 1 is 1.27 bits per heavy atom. The fraction of sp³-hybridized carbons (Fsp3) is 0.111. The number of aliphatic imine (C=N–C) groups is 1. The molecule has 7 nitrogen and oxygen atoms in total. The number of ether oxygens (including phenoxy) is 1. The first-order valence-corrected chi connectivity index (χ1v) is 8.16. The summed E-state index contributed by atoms with van der Waals surface area (Å²) in [7, 11) is 1.27. The molecule has 3 aromatic rings. The van der Waals surface area contributed by atoms with E-state index in [1.807, 2.05) is 24.3 Å². The number of rotatable bonds is 2. The SMILES string of the molecule is COC(=O)Nc1nc2c(Cl)cc(C3=NCC(=O)c4ccccc43)cc2[nH]1. The quantitative estimate of drug-likeness (QED) is 0.724. The van der Waals surface area contributed by atoms with Crippen LogP contribution in [0.4, 0.5) is 10.7 Å². The van der Waals surface area contributed by atoms with Crippen molar-refractivity contribution in [2.24, 2.45) is 4.99 Å². The zero-order valence-corrected chi connectivity index (χ0v) is 14.4. The molecule has 0 atom stereocenters. The average Bonchev–Trinajstić information content (AvgIpc) is 3.05. The van der Waals surface area contributed by atoms with Crippen LogP contribution < -0.4 is 5.32 Å². The third-order valence-electron chi connectivity index (χ3n) is 4.08. The first-order chi connectivity index (χ1) is 12.6. The minimum absolute atomic E-state index is 0.0115. The largest absolute Gasteiger partial charge is 0.453 e. The molecular formula is C18H13ClN4O3. The molecular weight excluding hydrogens is 356 g/mol. The molecule has 26 heavy (non-hydrogen) atoms. The van der Waals surface area contributed by atoms with E-state index in [0.29, 0.717) is 27.3 Å². The molecule has 4 rings (SSSR count). The van der Waals surface area contributed by atoms with Crippen LogP contribution >= 0.6 is 11.6 Å². The predicted octanol–water partition coefficient (Wildman–Crippen LogP) is 3.43. The molecule has 0 fully saturated rings. The van der Waals surface area contributed by atoms with Gasteiger partial charge in [0.15, 0.2) is 5.78 Å². The van der Waals surface area contributed by atoms with Gasteiger partial charge in [0.1, 0.15) is 12.1 Å². The second-order valence-corrected chi connectivity index (χ2v) is 6.10. The van der Waals surface area contributed by atoms with Crippen molar-refractivity contribution in [1.29, 1.82) is 0 Å². The number of nitrogens with one attached hydrogen (secondary N) is 2. The number of carbonyl (C=O) groups is 2. The summed E-state index contributed by atoms with van der Waals surface area (Å²) in [4.78, 5) is 35.1. The van der Waals surface area contributed by atoms with E-state index in [9.17, 15) is 9.59 Å². The number of methoxy groups -OCH3 is 1. The van der Waals surface area contributed by atoms with Gasteiger partial charge < -0.3 is 9.72 Å². The van der Waals surface area contributed by atoms with Crippen LogP contribution in [0.5, 0.6) is 0 Å². The molecule has 0 radical (unpaired) electrons. The Hall–Kier alpha value is -3.19. The van der Waals surface area contributed by atoms with Gasteiger partial charge in [-0.3, -0.25) is 15.1 Å². The number of Topliss-reactive ketones (excluding diaryl/α,β-unsaturated/α-hetero) is 1. The van der Waals surface area contributed by atoms with Gasteiger partial charge in [0.25, 0.3) is 0 Å². The molecule has 1 amide bonds. The van der Waals surface area contributed by atoms with Crippen molar-refractivity contribution < 1.29 is 14.3 Å². The van der Waals surface area contributed by atoms with Crippen LogP contribution in [0.15, 0.2) is 41.4 Å². The molecule has 1 aliphatic heterocycles. The van der Waals surface area contributed by atoms with Crippen molar-refractivity contribution >= 4 is 46.2 Å². The predicted molar refractivity (Wildman–Crippen MR) is 98.4 cm³/mol. The summed E-state index contributed by atoms with van der Waals surface area (Å²) < 4.78 is 4.55.